The molecule has 0 saturated carbocycles. The number of carbonyl (C=O) groups excluding carboxylic acids is 2. The lowest BCUT2D eigenvalue weighted by atomic mass is 9.86. The highest BCUT2D eigenvalue weighted by Gasteiger charge is 2.29. The van der Waals surface area contributed by atoms with Crippen LogP contribution in [0.1, 0.15) is 83.4 Å². The predicted molar refractivity (Wildman–Crippen MR) is 185 cm³/mol. The molecule has 1 atom stereocenters. The molecule has 1 saturated heterocycles. The fraction of sp³-hybridized carbons (Fsp3) is 0.378. The summed E-state index contributed by atoms with van der Waals surface area (Å²) in [5.41, 5.74) is 6.88. The zero-order chi connectivity index (χ0) is 35.1. The van der Waals surface area contributed by atoms with Crippen LogP contribution in [0.2, 0.25) is 0 Å². The van der Waals surface area contributed by atoms with E-state index in [1.807, 2.05) is 25.1 Å². The van der Waals surface area contributed by atoms with Crippen molar-refractivity contribution in [1.29, 1.82) is 0 Å². The van der Waals surface area contributed by atoms with Gasteiger partial charge in [-0.3, -0.25) is 0 Å². The highest BCUT2D eigenvalue weighted by atomic mass is 35.5. The molecule has 12 heteroatoms. The molecular formula is C37H41ClN4O7. The van der Waals surface area contributed by atoms with Crippen molar-refractivity contribution in [1.82, 2.24) is 19.7 Å². The van der Waals surface area contributed by atoms with Crippen molar-refractivity contribution in [2.75, 3.05) is 27.3 Å². The van der Waals surface area contributed by atoms with Crippen LogP contribution < -0.4 is 4.74 Å². The average Bonchev–Trinajstić information content (AvgIpc) is 3.76. The molecular weight excluding hydrogens is 648 g/mol. The number of methoxy groups -OCH3 is 2. The SMILES string of the molecule is CCc1cc(OC2CCc3cccc(-c4cccc(-n5ncc(C(=O)O)c5CC)n4)c32)ccc1C1CCN(C(=O)OC)CC1.COC(=O)Cl. The van der Waals surface area contributed by atoms with E-state index in [-0.39, 0.29) is 17.8 Å². The zero-order valence-corrected chi connectivity index (χ0v) is 28.9. The minimum atomic E-state index is -0.992. The minimum absolute atomic E-state index is 0.111. The van der Waals surface area contributed by atoms with Crippen molar-refractivity contribution < 1.29 is 33.7 Å². The lowest BCUT2D eigenvalue weighted by Crippen LogP contribution is -2.37. The number of carbonyl (C=O) groups is 3. The normalized spacial score (nSPS) is 15.5. The summed E-state index contributed by atoms with van der Waals surface area (Å²) in [6.45, 7) is 5.50. The molecule has 11 nitrogen and oxygen atoms in total. The molecule has 0 bridgehead atoms. The van der Waals surface area contributed by atoms with E-state index in [1.165, 1.54) is 37.1 Å². The monoisotopic (exact) mass is 688 g/mol. The van der Waals surface area contributed by atoms with Crippen LogP contribution in [0.15, 0.2) is 60.8 Å². The van der Waals surface area contributed by atoms with Crippen molar-refractivity contribution in [2.24, 2.45) is 0 Å². The van der Waals surface area contributed by atoms with E-state index < -0.39 is 11.4 Å². The van der Waals surface area contributed by atoms with E-state index in [0.29, 0.717) is 36.9 Å². The molecule has 1 aliphatic carbocycles. The third kappa shape index (κ3) is 7.88. The van der Waals surface area contributed by atoms with E-state index in [4.69, 9.17) is 14.5 Å². The molecule has 2 aromatic carbocycles. The maximum Gasteiger partial charge on any atom is 0.409 e. The quantitative estimate of drug-likeness (QED) is 0.184. The van der Waals surface area contributed by atoms with Gasteiger partial charge in [0, 0.05) is 35.8 Å². The standard InChI is InChI=1S/C35H38N4O5.C2H3ClO2/c1-4-22-20-25(13-14-26(22)23-16-18-38(19-17-23)35(42)43-3)44-31-15-12-24-8-6-9-27(33(24)31)29-10-7-11-32(37-29)39-30(5-2)28(21-36-39)34(40)41;1-5-2(3)4/h6-11,13-14,20-21,23,31H,4-5,12,15-19H2,1-3H3,(H,40,41);1H3. The van der Waals surface area contributed by atoms with Crippen LogP contribution in [0.25, 0.3) is 17.1 Å². The molecule has 0 radical (unpaired) electrons. The Balaban J connectivity index is 0.000000874. The molecule has 1 N–H and O–H groups in total. The van der Waals surface area contributed by atoms with E-state index in [2.05, 4.69) is 64.8 Å². The number of carboxylic acid groups (broad SMARTS) is 1. The number of nitrogens with zero attached hydrogens (tertiary/aromatic N) is 4. The first-order valence-electron chi connectivity index (χ1n) is 16.4. The first kappa shape index (κ1) is 35.4. The van der Waals surface area contributed by atoms with Gasteiger partial charge in [0.2, 0.25) is 0 Å². The number of aromatic nitrogens is 3. The summed E-state index contributed by atoms with van der Waals surface area (Å²) in [5, 5.41) is 13.9. The van der Waals surface area contributed by atoms with Crippen LogP contribution >= 0.6 is 11.6 Å². The number of likely N-dealkylation sites (tertiary alicyclic amines) is 1. The predicted octanol–water partition coefficient (Wildman–Crippen LogP) is 7.76. The maximum absolute atomic E-state index is 11.9. The van der Waals surface area contributed by atoms with Gasteiger partial charge in [0.1, 0.15) is 17.4 Å². The fourth-order valence-electron chi connectivity index (χ4n) is 6.79. The molecule has 1 unspecified atom stereocenters. The summed E-state index contributed by atoms with van der Waals surface area (Å²) in [6.07, 6.45) is 6.10. The van der Waals surface area contributed by atoms with Gasteiger partial charge in [0.05, 0.1) is 31.8 Å². The topological polar surface area (TPSA) is 133 Å². The second-order valence-electron chi connectivity index (χ2n) is 11.9. The Morgan fingerprint density at radius 2 is 1.69 bits per heavy atom. The molecule has 2 aliphatic rings. The van der Waals surface area contributed by atoms with Crippen LogP contribution in [-0.2, 0) is 28.7 Å². The van der Waals surface area contributed by atoms with Gasteiger partial charge in [-0.05, 0) is 85.4 Å². The van der Waals surface area contributed by atoms with Gasteiger partial charge in [-0.2, -0.15) is 5.10 Å². The van der Waals surface area contributed by atoms with E-state index in [0.717, 1.165) is 54.7 Å². The lowest BCUT2D eigenvalue weighted by molar-refractivity contribution is 0.0695. The van der Waals surface area contributed by atoms with Crippen LogP contribution in [0.3, 0.4) is 0 Å². The van der Waals surface area contributed by atoms with Gasteiger partial charge in [-0.1, -0.05) is 44.2 Å². The van der Waals surface area contributed by atoms with Crippen LogP contribution in [0, 0.1) is 0 Å². The maximum atomic E-state index is 11.9. The summed E-state index contributed by atoms with van der Waals surface area (Å²) >= 11 is 4.60. The number of pyridine rings is 1. The van der Waals surface area contributed by atoms with Crippen LogP contribution in [0.5, 0.6) is 5.75 Å². The van der Waals surface area contributed by atoms with Gasteiger partial charge in [-0.25, -0.2) is 24.0 Å². The van der Waals surface area contributed by atoms with E-state index in [1.54, 1.807) is 9.58 Å². The molecule has 1 aliphatic heterocycles. The van der Waals surface area contributed by atoms with Crippen molar-refractivity contribution in [2.45, 2.75) is 64.4 Å². The Labute approximate surface area is 290 Å². The molecule has 6 rings (SSSR count). The number of ether oxygens (including phenoxy) is 3. The summed E-state index contributed by atoms with van der Waals surface area (Å²) in [6, 6.07) is 18.6. The average molecular weight is 689 g/mol. The van der Waals surface area contributed by atoms with Gasteiger partial charge in [0.25, 0.3) is 0 Å². The molecule has 258 valence electrons. The molecule has 49 heavy (non-hydrogen) atoms. The van der Waals surface area contributed by atoms with Crippen LogP contribution in [-0.4, -0.2) is 69.6 Å². The highest BCUT2D eigenvalue weighted by Crippen LogP contribution is 2.42. The van der Waals surface area contributed by atoms with Gasteiger partial charge in [0.15, 0.2) is 5.82 Å². The Bertz CT molecular complexity index is 1820. The number of fused-ring (bicyclic) bond motifs is 1. The van der Waals surface area contributed by atoms with Crippen molar-refractivity contribution in [3.63, 3.8) is 0 Å². The van der Waals surface area contributed by atoms with Crippen molar-refractivity contribution >= 4 is 29.1 Å². The number of carboxylic acids is 1. The van der Waals surface area contributed by atoms with E-state index >= 15 is 0 Å². The first-order chi connectivity index (χ1) is 23.7. The number of aromatic carboxylic acids is 1. The van der Waals surface area contributed by atoms with Crippen molar-refractivity contribution in [3.05, 3.63) is 94.3 Å². The third-order valence-electron chi connectivity index (χ3n) is 9.16. The second-order valence-corrected chi connectivity index (χ2v) is 12.2. The summed E-state index contributed by atoms with van der Waals surface area (Å²) in [5.74, 6) is 0.859. The molecule has 1 fully saturated rings. The number of hydrogen-bond donors (Lipinski definition) is 1. The first-order valence-corrected chi connectivity index (χ1v) is 16.8. The summed E-state index contributed by atoms with van der Waals surface area (Å²) in [7, 11) is 2.65. The summed E-state index contributed by atoms with van der Waals surface area (Å²) in [4.78, 5) is 39.7. The Kier molecular flexibility index (Phi) is 11.6. The number of benzene rings is 2. The Hall–Kier alpha value is -4.90. The largest absolute Gasteiger partial charge is 0.486 e. The molecule has 2 aromatic heterocycles. The smallest absolute Gasteiger partial charge is 0.409 e. The number of piperidine rings is 1. The van der Waals surface area contributed by atoms with Crippen molar-refractivity contribution in [3.8, 4) is 22.8 Å². The number of hydrogen-bond acceptors (Lipinski definition) is 8. The number of rotatable bonds is 8. The second kappa shape index (κ2) is 16.0. The summed E-state index contributed by atoms with van der Waals surface area (Å²) < 4.78 is 17.1. The number of halogens is 1. The Morgan fingerprint density at radius 1 is 0.959 bits per heavy atom. The zero-order valence-electron chi connectivity index (χ0n) is 28.1. The van der Waals surface area contributed by atoms with Crippen LogP contribution in [0.4, 0.5) is 9.59 Å². The number of amides is 1. The third-order valence-corrected chi connectivity index (χ3v) is 9.31. The van der Waals surface area contributed by atoms with Gasteiger partial charge < -0.3 is 24.2 Å². The minimum Gasteiger partial charge on any atom is -0.486 e. The lowest BCUT2D eigenvalue weighted by Gasteiger charge is -2.32. The van der Waals surface area contributed by atoms with Gasteiger partial charge >= 0.3 is 17.5 Å². The highest BCUT2D eigenvalue weighted by molar-refractivity contribution is 6.61. The fourth-order valence-corrected chi connectivity index (χ4v) is 6.79. The van der Waals surface area contributed by atoms with E-state index in [9.17, 15) is 19.5 Å². The Morgan fingerprint density at radius 3 is 2.35 bits per heavy atom. The number of aryl methyl sites for hydroxylation is 2. The molecule has 3 heterocycles. The molecule has 0 spiro atoms. The molecule has 4 aromatic rings. The van der Waals surface area contributed by atoms with Gasteiger partial charge in [-0.15, -0.1) is 0 Å². The molecule has 1 amide bonds.